The predicted octanol–water partition coefficient (Wildman–Crippen LogP) is 1.54. The number of hydrogen-bond acceptors (Lipinski definition) is 4. The molecule has 1 atom stereocenters. The van der Waals surface area contributed by atoms with Crippen LogP contribution >= 0.6 is 12.2 Å². The third-order valence-corrected chi connectivity index (χ3v) is 3.16. The highest BCUT2D eigenvalue weighted by atomic mass is 32.1. The van der Waals surface area contributed by atoms with E-state index in [-0.39, 0.29) is 23.4 Å². The molecule has 0 aliphatic carbocycles. The zero-order valence-electron chi connectivity index (χ0n) is 11.1. The molecule has 20 heavy (non-hydrogen) atoms. The van der Waals surface area contributed by atoms with Crippen LogP contribution in [-0.4, -0.2) is 21.9 Å². The highest BCUT2D eigenvalue weighted by Gasteiger charge is 2.14. The van der Waals surface area contributed by atoms with Crippen molar-refractivity contribution < 1.29 is 4.79 Å². The second kappa shape index (κ2) is 5.83. The summed E-state index contributed by atoms with van der Waals surface area (Å²) in [6.45, 7) is 1.88. The van der Waals surface area contributed by atoms with Crippen molar-refractivity contribution in [2.75, 3.05) is 5.32 Å². The third-order valence-electron chi connectivity index (χ3n) is 2.94. The Morgan fingerprint density at radius 1 is 1.40 bits per heavy atom. The van der Waals surface area contributed by atoms with Gasteiger partial charge in [0.1, 0.15) is 4.99 Å². The summed E-state index contributed by atoms with van der Waals surface area (Å²) in [5, 5.41) is 4.17. The molecular weight excluding hydrogens is 272 g/mol. The first-order valence-electron chi connectivity index (χ1n) is 6.21. The lowest BCUT2D eigenvalue weighted by Gasteiger charge is -2.18. The van der Waals surface area contributed by atoms with E-state index in [0.717, 1.165) is 16.6 Å². The van der Waals surface area contributed by atoms with E-state index >= 15 is 0 Å². The average Bonchev–Trinajstić information content (AvgIpc) is 2.37. The molecule has 1 aromatic heterocycles. The standard InChI is InChI=1S/C14H16N4OS/c1-8(6-12(15)19)18-13-9-4-2-3-5-11(9)17-7-10(13)14(16)20/h2-5,7-8H,6H2,1H3,(H2,15,19)(H2,16,20)(H,17,18). The zero-order valence-corrected chi connectivity index (χ0v) is 11.9. The number of hydrogen-bond donors (Lipinski definition) is 3. The lowest BCUT2D eigenvalue weighted by atomic mass is 10.1. The Morgan fingerprint density at radius 2 is 2.10 bits per heavy atom. The molecule has 5 N–H and O–H groups in total. The average molecular weight is 288 g/mol. The summed E-state index contributed by atoms with van der Waals surface area (Å²) >= 11 is 5.06. The normalized spacial score (nSPS) is 12.1. The van der Waals surface area contributed by atoms with E-state index in [1.54, 1.807) is 6.20 Å². The van der Waals surface area contributed by atoms with Crippen LogP contribution in [0.25, 0.3) is 10.9 Å². The lowest BCUT2D eigenvalue weighted by Crippen LogP contribution is -2.25. The first-order chi connectivity index (χ1) is 9.49. The second-order valence-electron chi connectivity index (χ2n) is 4.64. The van der Waals surface area contributed by atoms with E-state index in [0.29, 0.717) is 5.56 Å². The van der Waals surface area contributed by atoms with Crippen LogP contribution in [-0.2, 0) is 4.79 Å². The first-order valence-corrected chi connectivity index (χ1v) is 6.62. The van der Waals surface area contributed by atoms with E-state index in [9.17, 15) is 4.79 Å². The molecule has 1 heterocycles. The molecule has 2 aromatic rings. The van der Waals surface area contributed by atoms with E-state index in [1.165, 1.54) is 0 Å². The van der Waals surface area contributed by atoms with Crippen molar-refractivity contribution in [3.63, 3.8) is 0 Å². The molecule has 0 saturated heterocycles. The van der Waals surface area contributed by atoms with Gasteiger partial charge in [-0.05, 0) is 13.0 Å². The Kier molecular flexibility index (Phi) is 4.14. The molecule has 1 unspecified atom stereocenters. The number of pyridine rings is 1. The van der Waals surface area contributed by atoms with Crippen molar-refractivity contribution in [1.29, 1.82) is 0 Å². The molecular formula is C14H16N4OS. The molecule has 0 aliphatic heterocycles. The molecule has 0 fully saturated rings. The van der Waals surface area contributed by atoms with Gasteiger partial charge in [-0.25, -0.2) is 0 Å². The van der Waals surface area contributed by atoms with Crippen LogP contribution in [0.4, 0.5) is 5.69 Å². The maximum Gasteiger partial charge on any atom is 0.219 e. The minimum atomic E-state index is -0.361. The zero-order chi connectivity index (χ0) is 14.7. The number of carbonyl (C=O) groups is 1. The van der Waals surface area contributed by atoms with Gasteiger partial charge in [0.05, 0.1) is 16.8 Å². The number of amides is 1. The van der Waals surface area contributed by atoms with E-state index in [1.807, 2.05) is 31.2 Å². The summed E-state index contributed by atoms with van der Waals surface area (Å²) in [6, 6.07) is 7.54. The molecule has 5 nitrogen and oxygen atoms in total. The van der Waals surface area contributed by atoms with Crippen LogP contribution in [0.2, 0.25) is 0 Å². The molecule has 1 aromatic carbocycles. The van der Waals surface area contributed by atoms with Gasteiger partial charge in [0.15, 0.2) is 0 Å². The largest absolute Gasteiger partial charge is 0.389 e. The van der Waals surface area contributed by atoms with Crippen molar-refractivity contribution in [3.05, 3.63) is 36.0 Å². The van der Waals surface area contributed by atoms with Crippen LogP contribution < -0.4 is 16.8 Å². The topological polar surface area (TPSA) is 94.0 Å². The number of fused-ring (bicyclic) bond motifs is 1. The number of aromatic nitrogens is 1. The number of anilines is 1. The molecule has 0 spiro atoms. The van der Waals surface area contributed by atoms with Crippen LogP contribution in [0, 0.1) is 0 Å². The fourth-order valence-electron chi connectivity index (χ4n) is 2.08. The Morgan fingerprint density at radius 3 is 2.75 bits per heavy atom. The van der Waals surface area contributed by atoms with Crippen molar-refractivity contribution >= 4 is 39.7 Å². The van der Waals surface area contributed by atoms with Gasteiger partial charge in [-0.1, -0.05) is 30.4 Å². The number of nitrogens with zero attached hydrogens (tertiary/aromatic N) is 1. The van der Waals surface area contributed by atoms with E-state index in [4.69, 9.17) is 23.7 Å². The highest BCUT2D eigenvalue weighted by molar-refractivity contribution is 7.80. The van der Waals surface area contributed by atoms with Gasteiger partial charge in [-0.3, -0.25) is 9.78 Å². The Balaban J connectivity index is 2.49. The minimum Gasteiger partial charge on any atom is -0.389 e. The summed E-state index contributed by atoms with van der Waals surface area (Å²) < 4.78 is 0. The molecule has 2 rings (SSSR count). The van der Waals surface area contributed by atoms with Crippen LogP contribution in [0.3, 0.4) is 0 Å². The molecule has 0 radical (unpaired) electrons. The van der Waals surface area contributed by atoms with E-state index in [2.05, 4.69) is 10.3 Å². The molecule has 0 saturated carbocycles. The monoisotopic (exact) mass is 288 g/mol. The number of carbonyl (C=O) groups excluding carboxylic acids is 1. The number of nitrogens with two attached hydrogens (primary N) is 2. The van der Waals surface area contributed by atoms with Gasteiger partial charge in [0.25, 0.3) is 0 Å². The minimum absolute atomic E-state index is 0.119. The Hall–Kier alpha value is -2.21. The Bertz CT molecular complexity index is 671. The molecule has 0 aliphatic rings. The van der Waals surface area contributed by atoms with Gasteiger partial charge in [0, 0.05) is 24.0 Å². The predicted molar refractivity (Wildman–Crippen MR) is 84.5 cm³/mol. The number of benzene rings is 1. The summed E-state index contributed by atoms with van der Waals surface area (Å²) in [5.41, 5.74) is 13.2. The molecule has 0 bridgehead atoms. The summed E-state index contributed by atoms with van der Waals surface area (Å²) in [6.07, 6.45) is 1.87. The van der Waals surface area contributed by atoms with Crippen molar-refractivity contribution in [3.8, 4) is 0 Å². The van der Waals surface area contributed by atoms with Gasteiger partial charge in [-0.15, -0.1) is 0 Å². The quantitative estimate of drug-likeness (QED) is 0.726. The second-order valence-corrected chi connectivity index (χ2v) is 5.08. The van der Waals surface area contributed by atoms with Crippen LogP contribution in [0.5, 0.6) is 0 Å². The SMILES string of the molecule is CC(CC(N)=O)Nc1c(C(N)=S)cnc2ccccc12. The molecule has 1 amide bonds. The first kappa shape index (κ1) is 14.2. The lowest BCUT2D eigenvalue weighted by molar-refractivity contribution is -0.118. The summed E-state index contributed by atoms with van der Waals surface area (Å²) in [7, 11) is 0. The van der Waals surface area contributed by atoms with Gasteiger partial charge >= 0.3 is 0 Å². The third kappa shape index (κ3) is 3.03. The number of thiocarbonyl (C=S) groups is 1. The van der Waals surface area contributed by atoms with Crippen molar-refractivity contribution in [2.45, 2.75) is 19.4 Å². The maximum absolute atomic E-state index is 11.0. The van der Waals surface area contributed by atoms with E-state index < -0.39 is 0 Å². The fourth-order valence-corrected chi connectivity index (χ4v) is 2.24. The number of primary amides is 1. The van der Waals surface area contributed by atoms with Gasteiger partial charge in [-0.2, -0.15) is 0 Å². The summed E-state index contributed by atoms with van der Waals surface area (Å²) in [5.74, 6) is -0.361. The van der Waals surface area contributed by atoms with Crippen molar-refractivity contribution in [2.24, 2.45) is 11.5 Å². The number of para-hydroxylation sites is 1. The Labute approximate surface area is 122 Å². The molecule has 6 heteroatoms. The van der Waals surface area contributed by atoms with Gasteiger partial charge in [0.2, 0.25) is 5.91 Å². The smallest absolute Gasteiger partial charge is 0.219 e. The number of nitrogens with one attached hydrogen (secondary N) is 1. The fraction of sp³-hybridized carbons (Fsp3) is 0.214. The van der Waals surface area contributed by atoms with Crippen molar-refractivity contribution in [1.82, 2.24) is 4.98 Å². The maximum atomic E-state index is 11.0. The van der Waals surface area contributed by atoms with Gasteiger partial charge < -0.3 is 16.8 Å². The highest BCUT2D eigenvalue weighted by Crippen LogP contribution is 2.26. The van der Waals surface area contributed by atoms with Crippen LogP contribution in [0.1, 0.15) is 18.9 Å². The molecule has 104 valence electrons. The number of rotatable bonds is 5. The summed E-state index contributed by atoms with van der Waals surface area (Å²) in [4.78, 5) is 15.6. The van der Waals surface area contributed by atoms with Crippen LogP contribution in [0.15, 0.2) is 30.5 Å².